The number of anilines is 2. The fourth-order valence-electron chi connectivity index (χ4n) is 1.94. The van der Waals surface area contributed by atoms with Crippen molar-refractivity contribution in [3.05, 3.63) is 5.82 Å². The molecule has 1 fully saturated rings. The summed E-state index contributed by atoms with van der Waals surface area (Å²) >= 11 is 1.94. The maximum atomic E-state index is 5.68. The van der Waals surface area contributed by atoms with Crippen LogP contribution in [0.15, 0.2) is 0 Å². The number of hydrogen-bond donors (Lipinski definition) is 1. The Bertz CT molecular complexity index is 376. The summed E-state index contributed by atoms with van der Waals surface area (Å²) in [5.41, 5.74) is 5.68. The van der Waals surface area contributed by atoms with Crippen LogP contribution in [0.4, 0.5) is 11.9 Å². The van der Waals surface area contributed by atoms with E-state index < -0.39 is 0 Å². The standard InChI is InChI=1S/C11H19N5S/c1-16(2)11-14-9(13-10(12)15-11)7-17-8-5-3-4-6-8/h8H,3-7H2,1-2H3,(H2,12,13,14,15). The molecule has 5 nitrogen and oxygen atoms in total. The third-order valence-corrected chi connectivity index (χ3v) is 4.21. The number of nitrogens with two attached hydrogens (primary N) is 1. The van der Waals surface area contributed by atoms with Crippen LogP contribution in [-0.4, -0.2) is 34.3 Å². The monoisotopic (exact) mass is 253 g/mol. The quantitative estimate of drug-likeness (QED) is 0.881. The zero-order valence-electron chi connectivity index (χ0n) is 10.4. The van der Waals surface area contributed by atoms with Gasteiger partial charge in [0.2, 0.25) is 11.9 Å². The van der Waals surface area contributed by atoms with Gasteiger partial charge in [-0.3, -0.25) is 0 Å². The molecule has 2 N–H and O–H groups in total. The van der Waals surface area contributed by atoms with Crippen LogP contribution in [0.3, 0.4) is 0 Å². The molecule has 94 valence electrons. The predicted octanol–water partition coefficient (Wildman–Crippen LogP) is 1.70. The van der Waals surface area contributed by atoms with Gasteiger partial charge in [0.1, 0.15) is 5.82 Å². The van der Waals surface area contributed by atoms with E-state index in [1.807, 2.05) is 30.8 Å². The lowest BCUT2D eigenvalue weighted by Crippen LogP contribution is -2.16. The van der Waals surface area contributed by atoms with Gasteiger partial charge < -0.3 is 10.6 Å². The molecule has 1 heterocycles. The lowest BCUT2D eigenvalue weighted by molar-refractivity contribution is 0.886. The van der Waals surface area contributed by atoms with Crippen LogP contribution in [-0.2, 0) is 5.75 Å². The number of hydrogen-bond acceptors (Lipinski definition) is 6. The Morgan fingerprint density at radius 1 is 1.24 bits per heavy atom. The smallest absolute Gasteiger partial charge is 0.229 e. The number of nitrogen functional groups attached to an aromatic ring is 1. The van der Waals surface area contributed by atoms with Crippen molar-refractivity contribution in [1.29, 1.82) is 0 Å². The van der Waals surface area contributed by atoms with E-state index in [-0.39, 0.29) is 0 Å². The first-order valence-electron chi connectivity index (χ1n) is 5.94. The SMILES string of the molecule is CN(C)c1nc(N)nc(CSC2CCCC2)n1. The van der Waals surface area contributed by atoms with E-state index in [9.17, 15) is 0 Å². The fourth-order valence-corrected chi connectivity index (χ4v) is 3.12. The maximum Gasteiger partial charge on any atom is 0.229 e. The van der Waals surface area contributed by atoms with Crippen molar-refractivity contribution in [2.45, 2.75) is 36.7 Å². The minimum absolute atomic E-state index is 0.311. The van der Waals surface area contributed by atoms with Crippen LogP contribution in [0.5, 0.6) is 0 Å². The summed E-state index contributed by atoms with van der Waals surface area (Å²) in [5, 5.41) is 0.774. The van der Waals surface area contributed by atoms with Gasteiger partial charge in [-0.05, 0) is 12.8 Å². The summed E-state index contributed by atoms with van der Waals surface area (Å²) in [6.45, 7) is 0. The van der Waals surface area contributed by atoms with Gasteiger partial charge in [0.05, 0.1) is 5.75 Å². The van der Waals surface area contributed by atoms with Crippen LogP contribution >= 0.6 is 11.8 Å². The highest BCUT2D eigenvalue weighted by Gasteiger charge is 2.16. The molecule has 0 saturated heterocycles. The van der Waals surface area contributed by atoms with Gasteiger partial charge in [0.15, 0.2) is 0 Å². The molecule has 0 bridgehead atoms. The van der Waals surface area contributed by atoms with Gasteiger partial charge >= 0.3 is 0 Å². The largest absolute Gasteiger partial charge is 0.368 e. The van der Waals surface area contributed by atoms with Gasteiger partial charge in [0, 0.05) is 19.3 Å². The summed E-state index contributed by atoms with van der Waals surface area (Å²) in [6.07, 6.45) is 5.37. The van der Waals surface area contributed by atoms with Crippen LogP contribution in [0.25, 0.3) is 0 Å². The van der Waals surface area contributed by atoms with Gasteiger partial charge in [0.25, 0.3) is 0 Å². The van der Waals surface area contributed by atoms with Crippen molar-refractivity contribution >= 4 is 23.7 Å². The summed E-state index contributed by atoms with van der Waals surface area (Å²) < 4.78 is 0. The maximum absolute atomic E-state index is 5.68. The Hall–Kier alpha value is -1.04. The Morgan fingerprint density at radius 3 is 2.59 bits per heavy atom. The number of aromatic nitrogens is 3. The first kappa shape index (κ1) is 12.4. The molecule has 0 aromatic carbocycles. The minimum atomic E-state index is 0.311. The van der Waals surface area contributed by atoms with E-state index in [1.54, 1.807) is 0 Å². The highest BCUT2D eigenvalue weighted by atomic mass is 32.2. The molecule has 0 spiro atoms. The molecule has 2 rings (SSSR count). The van der Waals surface area contributed by atoms with Crippen molar-refractivity contribution in [1.82, 2.24) is 15.0 Å². The first-order valence-corrected chi connectivity index (χ1v) is 6.99. The van der Waals surface area contributed by atoms with Gasteiger partial charge in [-0.1, -0.05) is 12.8 Å². The molecular formula is C11H19N5S. The van der Waals surface area contributed by atoms with Crippen LogP contribution in [0.2, 0.25) is 0 Å². The molecule has 0 atom stereocenters. The Kier molecular flexibility index (Phi) is 4.04. The average molecular weight is 253 g/mol. The average Bonchev–Trinajstić information content (AvgIpc) is 2.78. The second-order valence-electron chi connectivity index (χ2n) is 4.52. The molecule has 1 saturated carbocycles. The van der Waals surface area contributed by atoms with Crippen molar-refractivity contribution in [2.75, 3.05) is 24.7 Å². The predicted molar refractivity (Wildman–Crippen MR) is 72.1 cm³/mol. The second-order valence-corrected chi connectivity index (χ2v) is 5.81. The summed E-state index contributed by atoms with van der Waals surface area (Å²) in [7, 11) is 3.81. The van der Waals surface area contributed by atoms with Gasteiger partial charge in [-0.25, -0.2) is 0 Å². The van der Waals surface area contributed by atoms with Crippen LogP contribution in [0, 0.1) is 0 Å². The lowest BCUT2D eigenvalue weighted by atomic mass is 10.4. The van der Waals surface area contributed by atoms with E-state index in [0.29, 0.717) is 11.9 Å². The van der Waals surface area contributed by atoms with E-state index in [0.717, 1.165) is 16.8 Å². The Morgan fingerprint density at radius 2 is 1.94 bits per heavy atom. The van der Waals surface area contributed by atoms with Crippen molar-refractivity contribution < 1.29 is 0 Å². The molecule has 1 aromatic heterocycles. The van der Waals surface area contributed by atoms with Crippen molar-refractivity contribution in [3.8, 4) is 0 Å². The van der Waals surface area contributed by atoms with Crippen LogP contribution < -0.4 is 10.6 Å². The molecular weight excluding hydrogens is 234 g/mol. The molecule has 1 aliphatic carbocycles. The van der Waals surface area contributed by atoms with Crippen LogP contribution in [0.1, 0.15) is 31.5 Å². The Labute approximate surface area is 106 Å². The topological polar surface area (TPSA) is 67.9 Å². The number of rotatable bonds is 4. The molecule has 0 radical (unpaired) electrons. The third kappa shape index (κ3) is 3.46. The molecule has 0 aliphatic heterocycles. The number of thioether (sulfide) groups is 1. The van der Waals surface area contributed by atoms with Crippen molar-refractivity contribution in [3.63, 3.8) is 0 Å². The second kappa shape index (κ2) is 5.53. The third-order valence-electron chi connectivity index (χ3n) is 2.84. The van der Waals surface area contributed by atoms with E-state index in [2.05, 4.69) is 15.0 Å². The normalized spacial score (nSPS) is 16.4. The highest BCUT2D eigenvalue weighted by molar-refractivity contribution is 7.99. The zero-order valence-corrected chi connectivity index (χ0v) is 11.2. The first-order chi connectivity index (χ1) is 8.15. The molecule has 6 heteroatoms. The summed E-state index contributed by atoms with van der Waals surface area (Å²) in [5.74, 6) is 2.57. The lowest BCUT2D eigenvalue weighted by Gasteiger charge is -2.12. The van der Waals surface area contributed by atoms with Crippen molar-refractivity contribution in [2.24, 2.45) is 0 Å². The molecule has 1 aliphatic rings. The summed E-state index contributed by atoms with van der Waals surface area (Å²) in [4.78, 5) is 14.5. The zero-order chi connectivity index (χ0) is 12.3. The minimum Gasteiger partial charge on any atom is -0.368 e. The molecule has 1 aromatic rings. The van der Waals surface area contributed by atoms with E-state index >= 15 is 0 Å². The molecule has 17 heavy (non-hydrogen) atoms. The summed E-state index contributed by atoms with van der Waals surface area (Å²) in [6, 6.07) is 0. The van der Waals surface area contributed by atoms with Gasteiger partial charge in [-0.15, -0.1) is 0 Å². The highest BCUT2D eigenvalue weighted by Crippen LogP contribution is 2.31. The Balaban J connectivity index is 1.99. The van der Waals surface area contributed by atoms with E-state index in [4.69, 9.17) is 5.73 Å². The van der Waals surface area contributed by atoms with Gasteiger partial charge in [-0.2, -0.15) is 26.7 Å². The molecule has 0 unspecified atom stereocenters. The number of nitrogens with zero attached hydrogens (tertiary/aromatic N) is 4. The molecule has 0 amide bonds. The van der Waals surface area contributed by atoms with E-state index in [1.165, 1.54) is 25.7 Å². The fraction of sp³-hybridized carbons (Fsp3) is 0.727.